The number of nitrogens with one attached hydrogen (secondary N) is 1. The van der Waals surface area contributed by atoms with Crippen molar-refractivity contribution >= 4 is 0 Å². The smallest absolute Gasteiger partial charge is 0.115 e. The zero-order valence-corrected chi connectivity index (χ0v) is 8.37. The lowest BCUT2D eigenvalue weighted by atomic mass is 9.99. The minimum absolute atomic E-state index is 0.358. The van der Waals surface area contributed by atoms with E-state index in [-0.39, 0.29) is 0 Å². The number of phenols is 1. The van der Waals surface area contributed by atoms with E-state index < -0.39 is 0 Å². The summed E-state index contributed by atoms with van der Waals surface area (Å²) in [5, 5.41) is 12.5. The van der Waals surface area contributed by atoms with Crippen LogP contribution in [0.2, 0.25) is 0 Å². The highest BCUT2D eigenvalue weighted by Crippen LogP contribution is 2.17. The van der Waals surface area contributed by atoms with Gasteiger partial charge in [0.2, 0.25) is 0 Å². The van der Waals surface area contributed by atoms with Crippen molar-refractivity contribution in [1.29, 1.82) is 0 Å². The highest BCUT2D eigenvalue weighted by Gasteiger charge is 2.13. The Balaban J connectivity index is 1.82. The fourth-order valence-corrected chi connectivity index (χ4v) is 1.99. The van der Waals surface area contributed by atoms with Gasteiger partial charge in [-0.3, -0.25) is 0 Å². The van der Waals surface area contributed by atoms with Gasteiger partial charge in [-0.1, -0.05) is 12.1 Å². The SMILES string of the molecule is Oc1ccc(CCC2CCNC2)cc1. The number of rotatable bonds is 3. The van der Waals surface area contributed by atoms with Gasteiger partial charge in [0.05, 0.1) is 0 Å². The Morgan fingerprint density at radius 2 is 2.07 bits per heavy atom. The topological polar surface area (TPSA) is 32.3 Å². The van der Waals surface area contributed by atoms with Gasteiger partial charge in [0.25, 0.3) is 0 Å². The maximum atomic E-state index is 9.13. The monoisotopic (exact) mass is 191 g/mol. The average molecular weight is 191 g/mol. The molecule has 2 N–H and O–H groups in total. The molecular weight excluding hydrogens is 174 g/mol. The molecule has 0 aliphatic carbocycles. The molecule has 1 atom stereocenters. The lowest BCUT2D eigenvalue weighted by Gasteiger charge is -2.07. The van der Waals surface area contributed by atoms with E-state index in [0.29, 0.717) is 5.75 Å². The van der Waals surface area contributed by atoms with Gasteiger partial charge in [-0.15, -0.1) is 0 Å². The Labute approximate surface area is 85.0 Å². The number of hydrogen-bond acceptors (Lipinski definition) is 2. The predicted molar refractivity (Wildman–Crippen MR) is 57.4 cm³/mol. The van der Waals surface area contributed by atoms with Crippen LogP contribution in [0.25, 0.3) is 0 Å². The molecule has 0 bridgehead atoms. The Morgan fingerprint density at radius 3 is 2.71 bits per heavy atom. The van der Waals surface area contributed by atoms with Gasteiger partial charge in [0.1, 0.15) is 5.75 Å². The first-order valence-electron chi connectivity index (χ1n) is 5.33. The van der Waals surface area contributed by atoms with Crippen molar-refractivity contribution in [2.45, 2.75) is 19.3 Å². The highest BCUT2D eigenvalue weighted by atomic mass is 16.3. The molecule has 2 heteroatoms. The average Bonchev–Trinajstić information content (AvgIpc) is 2.70. The van der Waals surface area contributed by atoms with Gasteiger partial charge < -0.3 is 10.4 Å². The third-order valence-electron chi connectivity index (χ3n) is 2.94. The summed E-state index contributed by atoms with van der Waals surface area (Å²) in [6, 6.07) is 7.56. The molecule has 0 saturated carbocycles. The summed E-state index contributed by atoms with van der Waals surface area (Å²) in [6.07, 6.45) is 3.71. The third-order valence-corrected chi connectivity index (χ3v) is 2.94. The van der Waals surface area contributed by atoms with Crippen molar-refractivity contribution in [2.75, 3.05) is 13.1 Å². The van der Waals surface area contributed by atoms with E-state index in [1.54, 1.807) is 12.1 Å². The molecule has 1 aromatic carbocycles. The molecule has 0 spiro atoms. The van der Waals surface area contributed by atoms with Crippen LogP contribution in [0.3, 0.4) is 0 Å². The number of aryl methyl sites for hydroxylation is 1. The van der Waals surface area contributed by atoms with Gasteiger partial charge in [-0.05, 0) is 56.0 Å². The molecule has 1 fully saturated rings. The summed E-state index contributed by atoms with van der Waals surface area (Å²) in [7, 11) is 0. The Morgan fingerprint density at radius 1 is 1.29 bits per heavy atom. The van der Waals surface area contributed by atoms with Crippen molar-refractivity contribution in [2.24, 2.45) is 5.92 Å². The first kappa shape index (κ1) is 9.53. The molecule has 1 heterocycles. The maximum Gasteiger partial charge on any atom is 0.115 e. The molecule has 1 aliphatic rings. The van der Waals surface area contributed by atoms with E-state index in [4.69, 9.17) is 5.11 Å². The lowest BCUT2D eigenvalue weighted by molar-refractivity contribution is 0.474. The second kappa shape index (κ2) is 4.47. The van der Waals surface area contributed by atoms with Crippen LogP contribution in [0.5, 0.6) is 5.75 Å². The van der Waals surface area contributed by atoms with Crippen molar-refractivity contribution < 1.29 is 5.11 Å². The second-order valence-electron chi connectivity index (χ2n) is 4.06. The number of aromatic hydroxyl groups is 1. The zero-order chi connectivity index (χ0) is 9.80. The quantitative estimate of drug-likeness (QED) is 0.765. The fraction of sp³-hybridized carbons (Fsp3) is 0.500. The van der Waals surface area contributed by atoms with Gasteiger partial charge >= 0.3 is 0 Å². The largest absolute Gasteiger partial charge is 0.508 e. The highest BCUT2D eigenvalue weighted by molar-refractivity contribution is 5.25. The summed E-state index contributed by atoms with van der Waals surface area (Å²) >= 11 is 0. The Kier molecular flexibility index (Phi) is 3.04. The Hall–Kier alpha value is -1.02. The molecule has 2 nitrogen and oxygen atoms in total. The third kappa shape index (κ3) is 2.48. The normalized spacial score (nSPS) is 21.3. The van der Waals surface area contributed by atoms with E-state index in [0.717, 1.165) is 12.3 Å². The molecule has 0 radical (unpaired) electrons. The van der Waals surface area contributed by atoms with Crippen LogP contribution in [-0.2, 0) is 6.42 Å². The molecule has 14 heavy (non-hydrogen) atoms. The van der Waals surface area contributed by atoms with Crippen molar-refractivity contribution in [3.63, 3.8) is 0 Å². The van der Waals surface area contributed by atoms with E-state index in [9.17, 15) is 0 Å². The van der Waals surface area contributed by atoms with E-state index in [1.165, 1.54) is 31.5 Å². The molecular formula is C12H17NO. The van der Waals surface area contributed by atoms with Crippen LogP contribution < -0.4 is 5.32 Å². The fourth-order valence-electron chi connectivity index (χ4n) is 1.99. The summed E-state index contributed by atoms with van der Waals surface area (Å²) in [4.78, 5) is 0. The maximum absolute atomic E-state index is 9.13. The molecule has 76 valence electrons. The lowest BCUT2D eigenvalue weighted by Crippen LogP contribution is -2.09. The number of hydrogen-bond donors (Lipinski definition) is 2. The van der Waals surface area contributed by atoms with Gasteiger partial charge in [-0.2, -0.15) is 0 Å². The second-order valence-corrected chi connectivity index (χ2v) is 4.06. The van der Waals surface area contributed by atoms with Crippen molar-refractivity contribution in [3.05, 3.63) is 29.8 Å². The molecule has 1 unspecified atom stereocenters. The number of phenolic OH excluding ortho intramolecular Hbond substituents is 1. The van der Waals surface area contributed by atoms with Crippen molar-refractivity contribution in [3.8, 4) is 5.75 Å². The first-order valence-corrected chi connectivity index (χ1v) is 5.33. The molecule has 1 saturated heterocycles. The molecule has 0 aromatic heterocycles. The van der Waals surface area contributed by atoms with Crippen molar-refractivity contribution in [1.82, 2.24) is 5.32 Å². The molecule has 2 rings (SSSR count). The van der Waals surface area contributed by atoms with Crippen LogP contribution in [-0.4, -0.2) is 18.2 Å². The van der Waals surface area contributed by atoms with E-state index in [2.05, 4.69) is 5.32 Å². The van der Waals surface area contributed by atoms with Gasteiger partial charge in [-0.25, -0.2) is 0 Å². The molecule has 1 aromatic rings. The van der Waals surface area contributed by atoms with Gasteiger partial charge in [0.15, 0.2) is 0 Å². The zero-order valence-electron chi connectivity index (χ0n) is 8.37. The minimum Gasteiger partial charge on any atom is -0.508 e. The summed E-state index contributed by atoms with van der Waals surface area (Å²) in [5.41, 5.74) is 1.33. The van der Waals surface area contributed by atoms with E-state index >= 15 is 0 Å². The minimum atomic E-state index is 0.358. The van der Waals surface area contributed by atoms with Crippen LogP contribution in [0.1, 0.15) is 18.4 Å². The van der Waals surface area contributed by atoms with Crippen LogP contribution in [0.4, 0.5) is 0 Å². The molecule has 0 amide bonds. The van der Waals surface area contributed by atoms with E-state index in [1.807, 2.05) is 12.1 Å². The van der Waals surface area contributed by atoms with Crippen LogP contribution in [0, 0.1) is 5.92 Å². The van der Waals surface area contributed by atoms with Crippen LogP contribution >= 0.6 is 0 Å². The number of benzene rings is 1. The summed E-state index contributed by atoms with van der Waals surface area (Å²) in [6.45, 7) is 2.36. The standard InChI is InChI=1S/C12H17NO/c14-12-5-3-10(4-6-12)1-2-11-7-8-13-9-11/h3-6,11,13-14H,1-2,7-9H2. The summed E-state index contributed by atoms with van der Waals surface area (Å²) < 4.78 is 0. The Bertz CT molecular complexity index is 275. The molecule has 1 aliphatic heterocycles. The first-order chi connectivity index (χ1) is 6.84. The van der Waals surface area contributed by atoms with Crippen LogP contribution in [0.15, 0.2) is 24.3 Å². The summed E-state index contributed by atoms with van der Waals surface area (Å²) in [5.74, 6) is 1.21. The van der Waals surface area contributed by atoms with Gasteiger partial charge in [0, 0.05) is 0 Å². The predicted octanol–water partition coefficient (Wildman–Crippen LogP) is 1.93.